The molecule has 21 unspecified atom stereocenters. The molecule has 11 aliphatic rings. The van der Waals surface area contributed by atoms with Gasteiger partial charge in [0.15, 0.2) is 23.0 Å². The van der Waals surface area contributed by atoms with Crippen molar-refractivity contribution < 1.29 is 112 Å². The first-order valence-corrected chi connectivity index (χ1v) is 40.2. The molecule has 0 radical (unpaired) electrons. The minimum absolute atomic E-state index is 0.00271. The largest absolute Gasteiger partial charge is 0.508 e. The molecule has 1 saturated heterocycles. The third kappa shape index (κ3) is 15.9. The average molecular weight is 1680 g/mol. The molecule has 9 amide bonds. The van der Waals surface area contributed by atoms with Gasteiger partial charge in [-0.25, -0.2) is 0 Å². The van der Waals surface area contributed by atoms with Gasteiger partial charge in [0.1, 0.15) is 109 Å². The van der Waals surface area contributed by atoms with Gasteiger partial charge in [0, 0.05) is 24.7 Å². The van der Waals surface area contributed by atoms with Gasteiger partial charge in [0.2, 0.25) is 59.3 Å². The molecule has 0 aromatic heterocycles. The van der Waals surface area contributed by atoms with E-state index < -0.39 is 186 Å². The average Bonchev–Trinajstić information content (AvgIpc) is 1.49. The monoisotopic (exact) mass is 1680 g/mol. The number of carbonyl (C=O) groups is 9. The van der Waals surface area contributed by atoms with Crippen LogP contribution in [0.1, 0.15) is 138 Å². The van der Waals surface area contributed by atoms with Crippen LogP contribution in [0, 0.1) is 35.0 Å². The van der Waals surface area contributed by atoms with Gasteiger partial charge in [0.25, 0.3) is 5.91 Å². The Kier molecular flexibility index (Phi) is 24.0. The molecule has 17 rings (SSSR count). The highest BCUT2D eigenvalue weighted by Crippen LogP contribution is 2.81. The molecule has 5 fully saturated rings. The van der Waals surface area contributed by atoms with Crippen molar-refractivity contribution in [1.29, 1.82) is 0 Å². The fourth-order valence-corrected chi connectivity index (χ4v) is 19.0. The zero-order valence-corrected chi connectivity index (χ0v) is 66.6. The number of carbonyl (C=O) groups excluding carboxylic acids is 9. The van der Waals surface area contributed by atoms with E-state index in [1.54, 1.807) is 14.1 Å². The van der Waals surface area contributed by atoms with Gasteiger partial charge in [-0.1, -0.05) is 61.3 Å². The van der Waals surface area contributed by atoms with E-state index in [1.807, 2.05) is 13.8 Å². The van der Waals surface area contributed by atoms with Gasteiger partial charge >= 0.3 is 0 Å². The van der Waals surface area contributed by atoms with E-state index >= 15 is 28.8 Å². The van der Waals surface area contributed by atoms with Gasteiger partial charge in [-0.05, 0) is 211 Å². The number of hydrogen-bond donors (Lipinski definition) is 19. The molecule has 36 heteroatoms. The molecule has 6 heterocycles. The zero-order chi connectivity index (χ0) is 84.5. The fourth-order valence-electron chi connectivity index (χ4n) is 18.6. The van der Waals surface area contributed by atoms with E-state index in [-0.39, 0.29) is 132 Å². The van der Waals surface area contributed by atoms with Crippen LogP contribution in [0.4, 0.5) is 0 Å². The van der Waals surface area contributed by atoms with Crippen LogP contribution in [0.5, 0.6) is 46.0 Å². The summed E-state index contributed by atoms with van der Waals surface area (Å²) >= 11 is 14.3. The number of nitrogens with one attached hydrogen (secondary N) is 11. The number of likely N-dealkylation sites (N-methyl/N-ethyl adjacent to an activating group) is 3. The first-order valence-electron chi connectivity index (χ1n) is 39.5. The number of fused-ring (bicyclic) bond motifs is 13. The molecule has 6 aliphatic heterocycles. The molecule has 1 spiro atoms. The number of phenols is 1. The topological polar surface area (TPSA) is 503 Å². The maximum Gasteiger partial charge on any atom is 0.257 e. The van der Waals surface area contributed by atoms with Crippen molar-refractivity contribution >= 4 is 76.4 Å². The Morgan fingerprint density at radius 1 is 0.622 bits per heavy atom. The fraction of sp³-hybridized carbons (Fsp3) is 0.458. The van der Waals surface area contributed by atoms with Crippen molar-refractivity contribution in [1.82, 2.24) is 58.5 Å². The van der Waals surface area contributed by atoms with Gasteiger partial charge in [-0.15, -0.1) is 0 Å². The lowest BCUT2D eigenvalue weighted by Crippen LogP contribution is -2.65. The quantitative estimate of drug-likeness (QED) is 0.0458. The van der Waals surface area contributed by atoms with Gasteiger partial charge in [-0.2, -0.15) is 0 Å². The Balaban J connectivity index is 0.893. The highest BCUT2D eigenvalue weighted by Gasteiger charge is 2.76. The molecule has 6 aromatic rings. The smallest absolute Gasteiger partial charge is 0.257 e. The number of aromatic hydroxyl groups is 1. The van der Waals surface area contributed by atoms with Crippen LogP contribution in [0.25, 0.3) is 11.1 Å². The Bertz CT molecular complexity index is 5040. The Morgan fingerprint density at radius 3 is 1.91 bits per heavy atom. The van der Waals surface area contributed by atoms with Crippen LogP contribution in [0.15, 0.2) is 97.1 Å². The van der Waals surface area contributed by atoms with Gasteiger partial charge in [0.05, 0.1) is 29.1 Å². The summed E-state index contributed by atoms with van der Waals surface area (Å²) in [6, 6.07) is 6.14. The van der Waals surface area contributed by atoms with Crippen molar-refractivity contribution in [2.24, 2.45) is 35.0 Å². The number of imide groups is 1. The van der Waals surface area contributed by atoms with Crippen molar-refractivity contribution in [2.45, 2.75) is 150 Å². The maximum atomic E-state index is 16.5. The number of rotatable bonds is 21. The second-order valence-electron chi connectivity index (χ2n) is 32.2. The van der Waals surface area contributed by atoms with E-state index in [1.165, 1.54) is 79.8 Å². The summed E-state index contributed by atoms with van der Waals surface area (Å²) < 4.78 is 37.5. The minimum Gasteiger partial charge on any atom is -0.508 e. The summed E-state index contributed by atoms with van der Waals surface area (Å²) in [4.78, 5) is 139. The molecule has 4 saturated carbocycles. The van der Waals surface area contributed by atoms with Gasteiger partial charge < -0.3 is 122 Å². The molecule has 13 bridgehead atoms. The molecular formula is C83H93Cl2N11O23. The lowest BCUT2D eigenvalue weighted by atomic mass is 9.38. The van der Waals surface area contributed by atoms with Gasteiger partial charge in [-0.3, -0.25) is 48.5 Å². The number of hydrogen-bond acceptors (Lipinski definition) is 26. The van der Waals surface area contributed by atoms with E-state index in [4.69, 9.17) is 51.6 Å². The van der Waals surface area contributed by atoms with Crippen molar-refractivity contribution in [3.63, 3.8) is 0 Å². The third-order valence-corrected chi connectivity index (χ3v) is 25.1. The second kappa shape index (κ2) is 34.1. The second-order valence-corrected chi connectivity index (χ2v) is 33.0. The number of aliphatic hydroxyl groups is 7. The van der Waals surface area contributed by atoms with Crippen LogP contribution in [0.2, 0.25) is 10.0 Å². The summed E-state index contributed by atoms with van der Waals surface area (Å²) in [5, 5.41) is 123. The Labute approximate surface area is 691 Å². The Hall–Kier alpha value is -10.3. The van der Waals surface area contributed by atoms with E-state index in [0.29, 0.717) is 24.9 Å². The van der Waals surface area contributed by atoms with Crippen molar-refractivity contribution in [2.75, 3.05) is 54.1 Å². The number of halogens is 2. The van der Waals surface area contributed by atoms with Crippen LogP contribution in [0.3, 0.4) is 0 Å². The summed E-state index contributed by atoms with van der Waals surface area (Å²) in [5.41, 5.74) is -0.386. The van der Waals surface area contributed by atoms with E-state index in [2.05, 4.69) is 58.5 Å². The minimum atomic E-state index is -2.35. The van der Waals surface area contributed by atoms with Crippen molar-refractivity contribution in [3.8, 4) is 57.1 Å². The number of ether oxygens (including phenoxy) is 6. The SMILES string of the molecule is CNCCOc1ccc(C(=O)NC(=O)CC2NC(=O)C(NC(=O)C(CC(C)C)NC)C(O)c3ccc(c(Cl)c3)Oc3cc4cc(c3OC3OC(CO)C(O)C(O)C3O)Oc3ccc(cc3Cl)C(O)C3NC(=O)C(NC(=O)C4NC2=O)c2ccc4c(c2)-c2c(cc(O)cc2C4O)C(C(=O)NC2C4CC5CC6CC2C56C4)NC3=O)cc1OCCNC. The maximum absolute atomic E-state index is 16.5. The normalized spacial score (nSPS) is 29.6. The standard InChI is InChI=1S/C83H93Cl2N11O23/c1-33(2)18-50(88-5)75(107)95-65-67(100)35-7-11-52(48(84)21-35)116-56-24-38-25-57(73(56)119-82-72(105)71(104)70(103)58(32-97)118-82)117-53-12-8-36(22-49(53)85)68(101)66-81(113)94-64(79(111)91-61-39-19-40-26-41-27-47(61)83(40,41)31-39)45-28-42(98)29-46-60(45)44-20-34(6-10-43(44)69(46)102)62(77(109)96-66)93-78(110)63(38)92-76(108)51(89-80(65)112)30-59(99)90-74(106)37-9-13-54(114-16-14-86-3)55(23-37)115-17-15-87-4/h6-13,20-25,28-29,33,39-41,47,50-51,58,61-72,82,86-88,97-98,100-105H,14-19,26-27,30-32H2,1-5H3,(H,89,112)(H,91,111)(H,92,108)(H,93,110)(H,94,113)(H,95,107)(H,96,109)(H,90,99,106). The molecular weight excluding hydrogens is 1590 g/mol. The summed E-state index contributed by atoms with van der Waals surface area (Å²) in [5.74, 6) is -11.8. The molecule has 119 heavy (non-hydrogen) atoms. The number of amides is 9. The molecule has 19 N–H and O–H groups in total. The summed E-state index contributed by atoms with van der Waals surface area (Å²) in [6.45, 7) is 3.79. The highest BCUT2D eigenvalue weighted by molar-refractivity contribution is 6.32. The Morgan fingerprint density at radius 2 is 1.26 bits per heavy atom. The van der Waals surface area contributed by atoms with Crippen LogP contribution in [-0.2, 0) is 43.1 Å². The summed E-state index contributed by atoms with van der Waals surface area (Å²) in [7, 11) is 4.90. The first-order chi connectivity index (χ1) is 57.0. The third-order valence-electron chi connectivity index (χ3n) is 24.5. The predicted molar refractivity (Wildman–Crippen MR) is 421 cm³/mol. The van der Waals surface area contributed by atoms with Crippen LogP contribution < -0.4 is 82.2 Å². The lowest BCUT2D eigenvalue weighted by Gasteiger charge is -2.67. The zero-order valence-electron chi connectivity index (χ0n) is 65.1. The molecule has 6 aromatic carbocycles. The highest BCUT2D eigenvalue weighted by atomic mass is 35.5. The molecule has 632 valence electrons. The van der Waals surface area contributed by atoms with Crippen LogP contribution >= 0.6 is 23.2 Å². The first kappa shape index (κ1) is 83.7. The van der Waals surface area contributed by atoms with Crippen molar-refractivity contribution in [3.05, 3.63) is 152 Å². The molecule has 5 aliphatic carbocycles. The molecule has 34 nitrogen and oxygen atoms in total. The summed E-state index contributed by atoms with van der Waals surface area (Å²) in [6.07, 6.45) is -12.8. The predicted octanol–water partition coefficient (Wildman–Crippen LogP) is 1.99. The van der Waals surface area contributed by atoms with E-state index in [0.717, 1.165) is 49.9 Å². The number of benzene rings is 6. The lowest BCUT2D eigenvalue weighted by molar-refractivity contribution is -0.277. The number of aliphatic hydroxyl groups excluding tert-OH is 7. The van der Waals surface area contributed by atoms with E-state index in [9.17, 15) is 55.2 Å². The number of phenolic OH excluding ortho intramolecular Hbond substituents is 1. The molecule has 21 atom stereocenters. The van der Waals surface area contributed by atoms with Crippen LogP contribution in [-0.4, -0.2) is 209 Å².